The highest BCUT2D eigenvalue weighted by Crippen LogP contribution is 2.56. The van der Waals surface area contributed by atoms with Gasteiger partial charge < -0.3 is 14.0 Å². The lowest BCUT2D eigenvalue weighted by Gasteiger charge is -2.23. The van der Waals surface area contributed by atoms with E-state index in [0.29, 0.717) is 41.2 Å². The third kappa shape index (κ3) is 7.48. The second-order valence-corrected chi connectivity index (χ2v) is 12.9. The average molecular weight is 579 g/mol. The van der Waals surface area contributed by atoms with Gasteiger partial charge in [0, 0.05) is 17.2 Å². The first kappa shape index (κ1) is 32.1. The van der Waals surface area contributed by atoms with Crippen molar-refractivity contribution < 1.29 is 28.2 Å². The van der Waals surface area contributed by atoms with Crippen LogP contribution in [0.2, 0.25) is 0 Å². The van der Waals surface area contributed by atoms with Crippen LogP contribution in [0.3, 0.4) is 0 Å². The molecule has 0 saturated carbocycles. The molecule has 0 saturated heterocycles. The number of ether oxygens (including phenoxy) is 2. The Morgan fingerprint density at radius 2 is 1.07 bits per heavy atom. The van der Waals surface area contributed by atoms with E-state index >= 15 is 0 Å². The predicted octanol–water partition coefficient (Wildman–Crippen LogP) is 9.23. The predicted molar refractivity (Wildman–Crippen MR) is 165 cm³/mol. The zero-order valence-corrected chi connectivity index (χ0v) is 26.6. The fourth-order valence-corrected chi connectivity index (χ4v) is 7.14. The van der Waals surface area contributed by atoms with Gasteiger partial charge in [-0.1, -0.05) is 62.1 Å². The Morgan fingerprint density at radius 3 is 1.51 bits per heavy atom. The Morgan fingerprint density at radius 1 is 0.634 bits per heavy atom. The third-order valence-electron chi connectivity index (χ3n) is 6.98. The van der Waals surface area contributed by atoms with Gasteiger partial charge in [-0.3, -0.25) is 14.2 Å². The van der Waals surface area contributed by atoms with E-state index in [2.05, 4.69) is 13.8 Å². The maximum absolute atomic E-state index is 14.9. The van der Waals surface area contributed by atoms with Gasteiger partial charge in [0.05, 0.1) is 13.2 Å². The van der Waals surface area contributed by atoms with Crippen LogP contribution in [-0.4, -0.2) is 24.3 Å². The molecule has 0 radical (unpaired) electrons. The highest BCUT2D eigenvalue weighted by Gasteiger charge is 2.47. The Hall–Kier alpha value is -3.37. The average Bonchev–Trinajstić information content (AvgIpc) is 2.89. The second-order valence-electron chi connectivity index (χ2n) is 10.8. The highest BCUT2D eigenvalue weighted by atomic mass is 31.2. The van der Waals surface area contributed by atoms with E-state index in [-0.39, 0.29) is 22.6 Å². The zero-order chi connectivity index (χ0) is 30.3. The van der Waals surface area contributed by atoms with Crippen LogP contribution >= 0.6 is 7.37 Å². The SMILES string of the molecule is CCCCOc1ccc(OP(=O)(C(=O)c2c(C)cc(C)cc2C)C(=O)c2c(C)cc(C)cc2C)c(OCCCC)c1. The van der Waals surface area contributed by atoms with Crippen LogP contribution in [0.4, 0.5) is 0 Å². The molecule has 41 heavy (non-hydrogen) atoms. The van der Waals surface area contributed by atoms with Gasteiger partial charge >= 0.3 is 7.37 Å². The van der Waals surface area contributed by atoms with E-state index in [1.54, 1.807) is 45.9 Å². The van der Waals surface area contributed by atoms with Crippen molar-refractivity contribution in [2.45, 2.75) is 81.1 Å². The Bertz CT molecular complexity index is 1350. The Labute approximate surface area is 244 Å². The Kier molecular flexibility index (Phi) is 11.0. The van der Waals surface area contributed by atoms with Gasteiger partial charge in [0.25, 0.3) is 11.0 Å². The van der Waals surface area contributed by atoms with Crippen LogP contribution in [0.1, 0.15) is 93.6 Å². The van der Waals surface area contributed by atoms with Crippen LogP contribution in [0.15, 0.2) is 42.5 Å². The number of aryl methyl sites for hydroxylation is 6. The molecule has 0 aliphatic heterocycles. The van der Waals surface area contributed by atoms with Crippen molar-refractivity contribution in [1.82, 2.24) is 0 Å². The van der Waals surface area contributed by atoms with Crippen molar-refractivity contribution in [1.29, 1.82) is 0 Å². The summed E-state index contributed by atoms with van der Waals surface area (Å²) < 4.78 is 32.9. The molecule has 0 amide bonds. The third-order valence-corrected chi connectivity index (χ3v) is 8.95. The molecule has 0 aromatic heterocycles. The quantitative estimate of drug-likeness (QED) is 0.140. The zero-order valence-electron chi connectivity index (χ0n) is 25.7. The van der Waals surface area contributed by atoms with Crippen molar-refractivity contribution in [2.24, 2.45) is 0 Å². The van der Waals surface area contributed by atoms with Crippen LogP contribution in [0.25, 0.3) is 0 Å². The summed E-state index contributed by atoms with van der Waals surface area (Å²) in [6.45, 7) is 16.1. The standard InChI is InChI=1S/C34H43O6P/c1-9-11-15-38-28-13-14-29(30(21-28)39-16-12-10-2)40-41(37,33(35)31-24(5)17-22(3)18-25(31)6)34(36)32-26(7)19-23(4)20-27(32)8/h13-14,17-21H,9-12,15-16H2,1-8H3. The normalized spacial score (nSPS) is 11.3. The summed E-state index contributed by atoms with van der Waals surface area (Å²) in [5.74, 6) is 0.919. The van der Waals surface area contributed by atoms with E-state index in [1.165, 1.54) is 0 Å². The molecule has 0 bridgehead atoms. The lowest BCUT2D eigenvalue weighted by Crippen LogP contribution is -2.19. The molecule has 0 aliphatic carbocycles. The van der Waals surface area contributed by atoms with Gasteiger partial charge in [0.1, 0.15) is 5.75 Å². The fourth-order valence-electron chi connectivity index (χ4n) is 5.07. The van der Waals surface area contributed by atoms with Crippen LogP contribution in [-0.2, 0) is 4.57 Å². The maximum atomic E-state index is 14.9. The molecule has 0 fully saturated rings. The van der Waals surface area contributed by atoms with E-state index in [0.717, 1.165) is 36.8 Å². The van der Waals surface area contributed by atoms with Crippen molar-refractivity contribution in [3.05, 3.63) is 87.0 Å². The summed E-state index contributed by atoms with van der Waals surface area (Å²) in [6, 6.07) is 12.3. The van der Waals surface area contributed by atoms with Gasteiger partial charge in [0.15, 0.2) is 11.5 Å². The minimum absolute atomic E-state index is 0.0683. The number of hydrogen-bond acceptors (Lipinski definition) is 6. The smallest absolute Gasteiger partial charge is 0.386 e. The first-order valence-electron chi connectivity index (χ1n) is 14.4. The van der Waals surface area contributed by atoms with Crippen LogP contribution in [0.5, 0.6) is 17.2 Å². The summed E-state index contributed by atoms with van der Waals surface area (Å²) in [5, 5.41) is 0. The molecule has 0 aliphatic rings. The lowest BCUT2D eigenvalue weighted by atomic mass is 10.0. The van der Waals surface area contributed by atoms with Crippen molar-refractivity contribution in [2.75, 3.05) is 13.2 Å². The molecule has 3 aromatic rings. The summed E-state index contributed by atoms with van der Waals surface area (Å²) >= 11 is 0. The first-order valence-corrected chi connectivity index (χ1v) is 16.0. The Balaban J connectivity index is 2.19. The number of unbranched alkanes of at least 4 members (excludes halogenated alkanes) is 2. The summed E-state index contributed by atoms with van der Waals surface area (Å²) in [5.41, 5.74) is 3.33. The second kappa shape index (κ2) is 14.0. The molecule has 3 aromatic carbocycles. The molecule has 3 rings (SSSR count). The lowest BCUT2D eigenvalue weighted by molar-refractivity contribution is 0.101. The highest BCUT2D eigenvalue weighted by molar-refractivity contribution is 7.92. The fraction of sp³-hybridized carbons (Fsp3) is 0.412. The molecule has 0 heterocycles. The van der Waals surface area contributed by atoms with Crippen molar-refractivity contribution in [3.8, 4) is 17.2 Å². The molecule has 6 nitrogen and oxygen atoms in total. The molecule has 0 spiro atoms. The number of benzene rings is 3. The van der Waals surface area contributed by atoms with Gasteiger partial charge in [0.2, 0.25) is 0 Å². The van der Waals surface area contributed by atoms with Gasteiger partial charge in [-0.2, -0.15) is 0 Å². The van der Waals surface area contributed by atoms with E-state index in [4.69, 9.17) is 14.0 Å². The van der Waals surface area contributed by atoms with E-state index in [9.17, 15) is 14.2 Å². The van der Waals surface area contributed by atoms with Crippen molar-refractivity contribution >= 4 is 18.4 Å². The van der Waals surface area contributed by atoms with Gasteiger partial charge in [-0.15, -0.1) is 0 Å². The molecule has 0 N–H and O–H groups in total. The minimum Gasteiger partial charge on any atom is -0.493 e. The van der Waals surface area contributed by atoms with Gasteiger partial charge in [-0.25, -0.2) is 0 Å². The van der Waals surface area contributed by atoms with Crippen molar-refractivity contribution in [3.63, 3.8) is 0 Å². The molecular weight excluding hydrogens is 535 g/mol. The van der Waals surface area contributed by atoms with Crippen LogP contribution in [0, 0.1) is 41.5 Å². The molecule has 0 atom stereocenters. The number of carbonyl (C=O) groups is 2. The number of hydrogen-bond donors (Lipinski definition) is 0. The molecule has 0 unspecified atom stereocenters. The monoisotopic (exact) mass is 578 g/mol. The van der Waals surface area contributed by atoms with E-state index < -0.39 is 18.4 Å². The molecular formula is C34H43O6P. The van der Waals surface area contributed by atoms with Crippen LogP contribution < -0.4 is 14.0 Å². The summed E-state index contributed by atoms with van der Waals surface area (Å²) in [4.78, 5) is 28.5. The maximum Gasteiger partial charge on any atom is 0.386 e. The first-order chi connectivity index (χ1) is 19.4. The topological polar surface area (TPSA) is 78.9 Å². The summed E-state index contributed by atoms with van der Waals surface area (Å²) in [7, 11) is -4.71. The summed E-state index contributed by atoms with van der Waals surface area (Å²) in [6.07, 6.45) is 3.59. The minimum atomic E-state index is -4.71. The number of rotatable bonds is 14. The molecule has 220 valence electrons. The van der Waals surface area contributed by atoms with Gasteiger partial charge in [-0.05, 0) is 88.8 Å². The van der Waals surface area contributed by atoms with E-state index in [1.807, 2.05) is 38.1 Å². The number of carbonyl (C=O) groups excluding carboxylic acids is 2. The molecule has 7 heteroatoms. The largest absolute Gasteiger partial charge is 0.493 e.